The van der Waals surface area contributed by atoms with Gasteiger partial charge in [-0.05, 0) is 37.6 Å². The molecule has 1 aliphatic heterocycles. The molecule has 7 heteroatoms. The zero-order chi connectivity index (χ0) is 17.4. The number of benzene rings is 1. The third-order valence-corrected chi connectivity index (χ3v) is 4.24. The lowest BCUT2D eigenvalue weighted by Crippen LogP contribution is -2.31. The molecule has 4 rings (SSSR count). The maximum absolute atomic E-state index is 13.1. The van der Waals surface area contributed by atoms with Crippen molar-refractivity contribution in [1.82, 2.24) is 14.8 Å². The van der Waals surface area contributed by atoms with E-state index in [1.807, 2.05) is 44.2 Å². The van der Waals surface area contributed by atoms with Crippen molar-refractivity contribution in [3.05, 3.63) is 71.6 Å². The first-order valence-electron chi connectivity index (χ1n) is 7.93. The van der Waals surface area contributed by atoms with Crippen LogP contribution in [0.5, 0.6) is 0 Å². The molecule has 3 heterocycles. The molecule has 0 saturated heterocycles. The molecule has 126 valence electrons. The van der Waals surface area contributed by atoms with Gasteiger partial charge in [0.25, 0.3) is 5.91 Å². The number of para-hydroxylation sites is 1. The van der Waals surface area contributed by atoms with Gasteiger partial charge >= 0.3 is 0 Å². The maximum atomic E-state index is 13.1. The summed E-state index contributed by atoms with van der Waals surface area (Å²) in [7, 11) is 0. The number of nitrogens with zero attached hydrogens (tertiary/aromatic N) is 3. The van der Waals surface area contributed by atoms with E-state index in [1.165, 1.54) is 6.33 Å². The van der Waals surface area contributed by atoms with Crippen LogP contribution < -0.4 is 10.6 Å². The molecule has 1 aliphatic rings. The number of furan rings is 1. The van der Waals surface area contributed by atoms with Crippen LogP contribution in [0.15, 0.2) is 64.7 Å². The first-order valence-corrected chi connectivity index (χ1v) is 7.93. The van der Waals surface area contributed by atoms with Crippen molar-refractivity contribution in [2.24, 2.45) is 0 Å². The van der Waals surface area contributed by atoms with Crippen molar-refractivity contribution in [2.45, 2.75) is 19.9 Å². The predicted molar refractivity (Wildman–Crippen MR) is 93.0 cm³/mol. The topological polar surface area (TPSA) is 85.0 Å². The third kappa shape index (κ3) is 2.59. The lowest BCUT2D eigenvalue weighted by atomic mass is 10.00. The van der Waals surface area contributed by atoms with Gasteiger partial charge in [0.1, 0.15) is 18.1 Å². The zero-order valence-corrected chi connectivity index (χ0v) is 13.9. The Bertz CT molecular complexity index is 956. The van der Waals surface area contributed by atoms with E-state index >= 15 is 0 Å². The number of amides is 1. The van der Waals surface area contributed by atoms with Crippen LogP contribution in [0.25, 0.3) is 0 Å². The van der Waals surface area contributed by atoms with E-state index in [1.54, 1.807) is 17.0 Å². The van der Waals surface area contributed by atoms with E-state index in [0.717, 1.165) is 11.3 Å². The third-order valence-electron chi connectivity index (χ3n) is 4.24. The van der Waals surface area contributed by atoms with Gasteiger partial charge in [0.2, 0.25) is 5.95 Å². The number of fused-ring (bicyclic) bond motifs is 1. The van der Waals surface area contributed by atoms with Crippen molar-refractivity contribution < 1.29 is 9.21 Å². The molecule has 1 aromatic carbocycles. The fourth-order valence-electron chi connectivity index (χ4n) is 3.00. The molecule has 0 bridgehead atoms. The molecule has 25 heavy (non-hydrogen) atoms. The molecule has 0 saturated carbocycles. The molecular weight excluding hydrogens is 318 g/mol. The second-order valence-electron chi connectivity index (χ2n) is 5.88. The molecule has 1 unspecified atom stereocenters. The summed E-state index contributed by atoms with van der Waals surface area (Å²) in [6.45, 7) is 3.80. The van der Waals surface area contributed by atoms with Crippen LogP contribution in [-0.2, 0) is 4.79 Å². The number of anilines is 2. The summed E-state index contributed by atoms with van der Waals surface area (Å²) >= 11 is 0. The Morgan fingerprint density at radius 3 is 2.84 bits per heavy atom. The quantitative estimate of drug-likeness (QED) is 0.768. The Morgan fingerprint density at radius 1 is 1.24 bits per heavy atom. The van der Waals surface area contributed by atoms with Crippen molar-refractivity contribution in [1.29, 1.82) is 0 Å². The molecule has 7 nitrogen and oxygen atoms in total. The minimum atomic E-state index is -0.474. The normalized spacial score (nSPS) is 16.3. The Kier molecular flexibility index (Phi) is 3.61. The highest BCUT2D eigenvalue weighted by Gasteiger charge is 2.35. The largest absolute Gasteiger partial charge is 0.467 e. The minimum Gasteiger partial charge on any atom is -0.467 e. The standard InChI is InChI=1S/C18H17N5O2/c1-11-6-3-4-7-13(11)22-17(24)15-12(2)21-18-19-10-20-23(18)16(15)14-8-5-9-25-14/h3-10,16H,1-2H3,(H,22,24)(H,19,20,21). The summed E-state index contributed by atoms with van der Waals surface area (Å²) in [6, 6.07) is 10.8. The van der Waals surface area contributed by atoms with Gasteiger partial charge in [-0.3, -0.25) is 4.79 Å². The SMILES string of the molecule is CC1=C(C(=O)Nc2ccccc2C)C(c2ccco2)n2ncnc2N1. The monoisotopic (exact) mass is 335 g/mol. The zero-order valence-electron chi connectivity index (χ0n) is 13.9. The first-order chi connectivity index (χ1) is 12.1. The summed E-state index contributed by atoms with van der Waals surface area (Å²) in [4.78, 5) is 17.2. The van der Waals surface area contributed by atoms with E-state index in [0.29, 0.717) is 23.0 Å². The summed E-state index contributed by atoms with van der Waals surface area (Å²) in [5.41, 5.74) is 3.02. The van der Waals surface area contributed by atoms with E-state index in [9.17, 15) is 4.79 Å². The van der Waals surface area contributed by atoms with Crippen LogP contribution in [0.3, 0.4) is 0 Å². The first kappa shape index (κ1) is 15.2. The summed E-state index contributed by atoms with van der Waals surface area (Å²) in [5.74, 6) is 0.996. The maximum Gasteiger partial charge on any atom is 0.256 e. The molecule has 0 radical (unpaired) electrons. The number of hydrogen-bond acceptors (Lipinski definition) is 5. The average Bonchev–Trinajstić information content (AvgIpc) is 3.26. The second-order valence-corrected chi connectivity index (χ2v) is 5.88. The van der Waals surface area contributed by atoms with Gasteiger partial charge in [0.05, 0.1) is 11.8 Å². The van der Waals surface area contributed by atoms with Crippen molar-refractivity contribution in [3.8, 4) is 0 Å². The molecule has 1 amide bonds. The van der Waals surface area contributed by atoms with E-state index < -0.39 is 6.04 Å². The van der Waals surface area contributed by atoms with Gasteiger partial charge in [0, 0.05) is 11.4 Å². The Hall–Kier alpha value is -3.35. The van der Waals surface area contributed by atoms with Crippen LogP contribution in [-0.4, -0.2) is 20.7 Å². The van der Waals surface area contributed by atoms with Gasteiger partial charge in [-0.2, -0.15) is 10.1 Å². The van der Waals surface area contributed by atoms with Crippen LogP contribution in [0.4, 0.5) is 11.6 Å². The molecule has 3 aromatic rings. The lowest BCUT2D eigenvalue weighted by molar-refractivity contribution is -0.113. The second kappa shape index (κ2) is 5.94. The summed E-state index contributed by atoms with van der Waals surface area (Å²) < 4.78 is 7.22. The Morgan fingerprint density at radius 2 is 2.08 bits per heavy atom. The fraction of sp³-hybridized carbons (Fsp3) is 0.167. The number of carbonyl (C=O) groups is 1. The number of nitrogens with one attached hydrogen (secondary N) is 2. The van der Waals surface area contributed by atoms with Gasteiger partial charge in [-0.15, -0.1) is 0 Å². The van der Waals surface area contributed by atoms with Crippen molar-refractivity contribution >= 4 is 17.5 Å². The highest BCUT2D eigenvalue weighted by atomic mass is 16.3. The highest BCUT2D eigenvalue weighted by Crippen LogP contribution is 2.35. The number of rotatable bonds is 3. The molecule has 0 aliphatic carbocycles. The Balaban J connectivity index is 1.76. The minimum absolute atomic E-state index is 0.207. The average molecular weight is 335 g/mol. The van der Waals surface area contributed by atoms with Gasteiger partial charge < -0.3 is 15.1 Å². The highest BCUT2D eigenvalue weighted by molar-refractivity contribution is 6.06. The molecular formula is C18H17N5O2. The van der Waals surface area contributed by atoms with E-state index in [2.05, 4.69) is 20.7 Å². The van der Waals surface area contributed by atoms with Gasteiger partial charge in [0.15, 0.2) is 0 Å². The van der Waals surface area contributed by atoms with E-state index in [4.69, 9.17) is 4.42 Å². The number of allylic oxidation sites excluding steroid dienone is 1. The molecule has 2 N–H and O–H groups in total. The number of aromatic nitrogens is 3. The summed E-state index contributed by atoms with van der Waals surface area (Å²) in [6.07, 6.45) is 3.04. The van der Waals surface area contributed by atoms with Crippen molar-refractivity contribution in [3.63, 3.8) is 0 Å². The predicted octanol–water partition coefficient (Wildman–Crippen LogP) is 3.11. The number of hydrogen-bond donors (Lipinski definition) is 2. The van der Waals surface area contributed by atoms with Crippen molar-refractivity contribution in [2.75, 3.05) is 10.6 Å². The smallest absolute Gasteiger partial charge is 0.256 e. The fourth-order valence-corrected chi connectivity index (χ4v) is 3.00. The molecule has 0 fully saturated rings. The number of carbonyl (C=O) groups excluding carboxylic acids is 1. The van der Waals surface area contributed by atoms with Crippen LogP contribution in [0.1, 0.15) is 24.3 Å². The van der Waals surface area contributed by atoms with Gasteiger partial charge in [-0.1, -0.05) is 18.2 Å². The van der Waals surface area contributed by atoms with E-state index in [-0.39, 0.29) is 5.91 Å². The molecule has 1 atom stereocenters. The Labute approximate surface area is 144 Å². The molecule has 2 aromatic heterocycles. The van der Waals surface area contributed by atoms with Crippen LogP contribution in [0, 0.1) is 6.92 Å². The van der Waals surface area contributed by atoms with Crippen LogP contribution >= 0.6 is 0 Å². The molecule has 0 spiro atoms. The number of aryl methyl sites for hydroxylation is 1. The van der Waals surface area contributed by atoms with Gasteiger partial charge in [-0.25, -0.2) is 4.68 Å². The van der Waals surface area contributed by atoms with Crippen LogP contribution in [0.2, 0.25) is 0 Å². The lowest BCUT2D eigenvalue weighted by Gasteiger charge is -2.27. The summed E-state index contributed by atoms with van der Waals surface area (Å²) in [5, 5.41) is 10.4.